The lowest BCUT2D eigenvalue weighted by Crippen LogP contribution is -2.36. The molecule has 1 aliphatic heterocycles. The predicted octanol–water partition coefficient (Wildman–Crippen LogP) is 1.53. The lowest BCUT2D eigenvalue weighted by molar-refractivity contribution is -0.312. The monoisotopic (exact) mass is 294 g/mol. The summed E-state index contributed by atoms with van der Waals surface area (Å²) in [7, 11) is 0. The van der Waals surface area contributed by atoms with Crippen molar-refractivity contribution in [3.05, 3.63) is 71.8 Å². The van der Waals surface area contributed by atoms with Crippen molar-refractivity contribution in [2.24, 2.45) is 5.92 Å². The van der Waals surface area contributed by atoms with Gasteiger partial charge in [0.1, 0.15) is 0 Å². The molecule has 2 atom stereocenters. The highest BCUT2D eigenvalue weighted by Gasteiger charge is 2.41. The molecule has 0 aromatic heterocycles. The number of hydrogen-bond acceptors (Lipinski definition) is 3. The Morgan fingerprint density at radius 3 is 2.23 bits per heavy atom. The maximum atomic E-state index is 12.3. The Morgan fingerprint density at radius 1 is 1.05 bits per heavy atom. The summed E-state index contributed by atoms with van der Waals surface area (Å²) in [5, 5.41) is 11.4. The van der Waals surface area contributed by atoms with Crippen molar-refractivity contribution >= 4 is 11.9 Å². The second kappa shape index (κ2) is 6.02. The van der Waals surface area contributed by atoms with Crippen LogP contribution >= 0.6 is 0 Å². The molecule has 0 saturated carbocycles. The molecule has 0 unspecified atom stereocenters. The van der Waals surface area contributed by atoms with Crippen molar-refractivity contribution in [2.45, 2.75) is 19.0 Å². The molecule has 2 aromatic carbocycles. The van der Waals surface area contributed by atoms with Crippen LogP contribution in [-0.2, 0) is 16.1 Å². The summed E-state index contributed by atoms with van der Waals surface area (Å²) in [5.74, 6) is -2.12. The molecule has 0 aliphatic carbocycles. The van der Waals surface area contributed by atoms with Crippen molar-refractivity contribution in [1.29, 1.82) is 0 Å². The molecule has 1 saturated heterocycles. The van der Waals surface area contributed by atoms with Gasteiger partial charge >= 0.3 is 0 Å². The van der Waals surface area contributed by atoms with Crippen molar-refractivity contribution in [3.63, 3.8) is 0 Å². The molecule has 1 aliphatic rings. The molecule has 4 heteroatoms. The zero-order valence-electron chi connectivity index (χ0n) is 12.0. The second-order valence-electron chi connectivity index (χ2n) is 5.49. The van der Waals surface area contributed by atoms with Gasteiger partial charge in [0.15, 0.2) is 0 Å². The molecule has 4 nitrogen and oxygen atoms in total. The number of hydrogen-bond donors (Lipinski definition) is 0. The molecule has 0 bridgehead atoms. The largest absolute Gasteiger partial charge is 0.550 e. The highest BCUT2D eigenvalue weighted by atomic mass is 16.4. The van der Waals surface area contributed by atoms with E-state index in [1.807, 2.05) is 60.7 Å². The third-order valence-electron chi connectivity index (χ3n) is 4.07. The number of benzene rings is 2. The van der Waals surface area contributed by atoms with Crippen LogP contribution in [0.5, 0.6) is 0 Å². The normalized spacial score (nSPS) is 21.1. The van der Waals surface area contributed by atoms with E-state index in [1.165, 1.54) is 0 Å². The first kappa shape index (κ1) is 14.3. The van der Waals surface area contributed by atoms with Crippen molar-refractivity contribution < 1.29 is 14.7 Å². The molecule has 112 valence electrons. The van der Waals surface area contributed by atoms with Crippen LogP contribution in [0.3, 0.4) is 0 Å². The van der Waals surface area contributed by atoms with Gasteiger partial charge in [0, 0.05) is 24.9 Å². The van der Waals surface area contributed by atoms with Crippen LogP contribution in [0, 0.1) is 5.92 Å². The molecule has 2 aromatic rings. The first-order valence-electron chi connectivity index (χ1n) is 7.26. The van der Waals surface area contributed by atoms with Gasteiger partial charge in [0.25, 0.3) is 0 Å². The molecular formula is C18H16NO3-. The lowest BCUT2D eigenvalue weighted by atomic mass is 9.93. The number of carbonyl (C=O) groups excluding carboxylic acids is 2. The van der Waals surface area contributed by atoms with Gasteiger partial charge in [-0.2, -0.15) is 0 Å². The van der Waals surface area contributed by atoms with Gasteiger partial charge in [-0.25, -0.2) is 0 Å². The molecule has 1 fully saturated rings. The van der Waals surface area contributed by atoms with Crippen molar-refractivity contribution in [3.8, 4) is 0 Å². The SMILES string of the molecule is O=C([O-])[C@@H]1CC(=O)N(Cc2ccccc2)[C@H]1c1ccccc1. The number of carboxylic acids is 1. The standard InChI is InChI=1S/C18H17NO3/c20-16-11-15(18(21)22)17(14-9-5-2-6-10-14)19(16)12-13-7-3-1-4-8-13/h1-10,15,17H,11-12H2,(H,21,22)/p-1/t15-,17+/m1/s1. The maximum Gasteiger partial charge on any atom is 0.224 e. The van der Waals surface area contributed by atoms with Crippen LogP contribution in [0.1, 0.15) is 23.6 Å². The Balaban J connectivity index is 1.95. The predicted molar refractivity (Wildman–Crippen MR) is 79.3 cm³/mol. The third-order valence-corrected chi connectivity index (χ3v) is 4.07. The van der Waals surface area contributed by atoms with Crippen LogP contribution in [0.25, 0.3) is 0 Å². The minimum atomic E-state index is -1.17. The Hall–Kier alpha value is -2.62. The minimum absolute atomic E-state index is 0.00523. The van der Waals surface area contributed by atoms with Crippen LogP contribution in [0.4, 0.5) is 0 Å². The van der Waals surface area contributed by atoms with E-state index in [9.17, 15) is 14.7 Å². The highest BCUT2D eigenvalue weighted by molar-refractivity contribution is 5.86. The molecule has 22 heavy (non-hydrogen) atoms. The van der Waals surface area contributed by atoms with Crippen LogP contribution < -0.4 is 5.11 Å². The average Bonchev–Trinajstić information content (AvgIpc) is 2.86. The van der Waals surface area contributed by atoms with E-state index in [-0.39, 0.29) is 12.3 Å². The molecule has 0 spiro atoms. The summed E-state index contributed by atoms with van der Waals surface area (Å²) in [5.41, 5.74) is 1.81. The van der Waals surface area contributed by atoms with Gasteiger partial charge in [0.2, 0.25) is 5.91 Å². The van der Waals surface area contributed by atoms with Gasteiger partial charge in [0.05, 0.1) is 6.04 Å². The van der Waals surface area contributed by atoms with E-state index in [4.69, 9.17) is 0 Å². The van der Waals surface area contributed by atoms with E-state index in [1.54, 1.807) is 4.90 Å². The van der Waals surface area contributed by atoms with Gasteiger partial charge in [-0.3, -0.25) is 4.79 Å². The molecule has 1 amide bonds. The van der Waals surface area contributed by atoms with E-state index in [2.05, 4.69) is 0 Å². The summed E-state index contributed by atoms with van der Waals surface area (Å²) in [4.78, 5) is 25.4. The van der Waals surface area contributed by atoms with Gasteiger partial charge < -0.3 is 14.8 Å². The Bertz CT molecular complexity index is 669. The van der Waals surface area contributed by atoms with Gasteiger partial charge in [-0.1, -0.05) is 60.7 Å². The molecule has 1 heterocycles. The number of likely N-dealkylation sites (tertiary alicyclic amines) is 1. The maximum absolute atomic E-state index is 12.3. The number of nitrogens with zero attached hydrogens (tertiary/aromatic N) is 1. The minimum Gasteiger partial charge on any atom is -0.550 e. The fourth-order valence-electron chi connectivity index (χ4n) is 3.03. The fraction of sp³-hybridized carbons (Fsp3) is 0.222. The first-order chi connectivity index (χ1) is 10.7. The van der Waals surface area contributed by atoms with E-state index < -0.39 is 17.9 Å². The van der Waals surface area contributed by atoms with Crippen molar-refractivity contribution in [1.82, 2.24) is 4.90 Å². The number of rotatable bonds is 4. The molecule has 0 N–H and O–H groups in total. The third kappa shape index (κ3) is 2.72. The summed E-state index contributed by atoms with van der Waals surface area (Å²) in [6.07, 6.45) is -0.00523. The zero-order valence-corrected chi connectivity index (χ0v) is 12.0. The fourth-order valence-corrected chi connectivity index (χ4v) is 3.03. The molecular weight excluding hydrogens is 278 g/mol. The highest BCUT2D eigenvalue weighted by Crippen LogP contribution is 2.38. The number of amides is 1. The zero-order chi connectivity index (χ0) is 15.5. The van der Waals surface area contributed by atoms with Crippen molar-refractivity contribution in [2.75, 3.05) is 0 Å². The molecule has 3 rings (SSSR count). The Kier molecular flexibility index (Phi) is 3.92. The number of carbonyl (C=O) groups is 2. The van der Waals surface area contributed by atoms with Gasteiger partial charge in [-0.05, 0) is 11.1 Å². The second-order valence-corrected chi connectivity index (χ2v) is 5.49. The summed E-state index contributed by atoms with van der Waals surface area (Å²) in [6, 6.07) is 18.4. The summed E-state index contributed by atoms with van der Waals surface area (Å²) < 4.78 is 0. The topological polar surface area (TPSA) is 60.4 Å². The lowest BCUT2D eigenvalue weighted by Gasteiger charge is -2.29. The van der Waals surface area contributed by atoms with E-state index >= 15 is 0 Å². The average molecular weight is 294 g/mol. The quantitative estimate of drug-likeness (QED) is 0.859. The Labute approximate surface area is 129 Å². The molecule has 0 radical (unpaired) electrons. The van der Waals surface area contributed by atoms with Gasteiger partial charge in [-0.15, -0.1) is 0 Å². The van der Waals surface area contributed by atoms with Crippen LogP contribution in [0.15, 0.2) is 60.7 Å². The van der Waals surface area contributed by atoms with Crippen LogP contribution in [0.2, 0.25) is 0 Å². The first-order valence-corrected chi connectivity index (χ1v) is 7.26. The number of carboxylic acid groups (broad SMARTS) is 1. The smallest absolute Gasteiger partial charge is 0.224 e. The summed E-state index contributed by atoms with van der Waals surface area (Å²) >= 11 is 0. The number of aliphatic carboxylic acids is 1. The Morgan fingerprint density at radius 2 is 1.64 bits per heavy atom. The van der Waals surface area contributed by atoms with E-state index in [0.29, 0.717) is 6.54 Å². The van der Waals surface area contributed by atoms with E-state index in [0.717, 1.165) is 11.1 Å². The van der Waals surface area contributed by atoms with Crippen LogP contribution in [-0.4, -0.2) is 16.8 Å². The summed E-state index contributed by atoms with van der Waals surface area (Å²) in [6.45, 7) is 0.406.